The van der Waals surface area contributed by atoms with Crippen LogP contribution in [0.3, 0.4) is 0 Å². The van der Waals surface area contributed by atoms with Crippen molar-refractivity contribution in [3.8, 4) is 5.75 Å². The van der Waals surface area contributed by atoms with Gasteiger partial charge >= 0.3 is 0 Å². The Hall–Kier alpha value is -2.19. The third-order valence-electron chi connectivity index (χ3n) is 11.0. The molecule has 3 aliphatic heterocycles. The molecule has 2 aliphatic carbocycles. The van der Waals surface area contributed by atoms with E-state index in [1.54, 1.807) is 0 Å². The van der Waals surface area contributed by atoms with Crippen molar-refractivity contribution >= 4 is 35.1 Å². The van der Waals surface area contributed by atoms with Crippen LogP contribution in [0.15, 0.2) is 48.6 Å². The first-order valence-electron chi connectivity index (χ1n) is 16.6. The lowest BCUT2D eigenvalue weighted by Gasteiger charge is -2.45. The molecule has 2 bridgehead atoms. The fourth-order valence-corrected chi connectivity index (χ4v) is 9.44. The third-order valence-corrected chi connectivity index (χ3v) is 12.5. The summed E-state index contributed by atoms with van der Waals surface area (Å²) in [6.45, 7) is 5.30. The number of aliphatic hydroxyl groups is 1. The van der Waals surface area contributed by atoms with E-state index in [0.717, 1.165) is 93.9 Å². The molecule has 0 unspecified atom stereocenters. The van der Waals surface area contributed by atoms with Gasteiger partial charge in [0.2, 0.25) is 0 Å². The average Bonchev–Trinajstić information content (AvgIpc) is 3.47. The average molecular weight is 637 g/mol. The molecule has 2 fully saturated rings. The highest BCUT2D eigenvalue weighted by molar-refractivity contribution is 7.98. The molecular weight excluding hydrogens is 592 g/mol. The number of rotatable bonds is 2. The van der Waals surface area contributed by atoms with Crippen LogP contribution in [0.2, 0.25) is 5.02 Å². The van der Waals surface area contributed by atoms with Gasteiger partial charge in [-0.05, 0) is 129 Å². The summed E-state index contributed by atoms with van der Waals surface area (Å²) in [5.74, 6) is 1.70. The van der Waals surface area contributed by atoms with Crippen LogP contribution in [-0.4, -0.2) is 54.8 Å². The van der Waals surface area contributed by atoms with Gasteiger partial charge in [0.1, 0.15) is 5.75 Å². The predicted molar refractivity (Wildman–Crippen MR) is 178 cm³/mol. The number of hydrogen-bond acceptors (Lipinski definition) is 6. The molecule has 3 heterocycles. The molecular formula is C36H45ClN2O4S. The van der Waals surface area contributed by atoms with Gasteiger partial charge in [-0.1, -0.05) is 36.7 Å². The Balaban J connectivity index is 1.22. The van der Waals surface area contributed by atoms with E-state index in [4.69, 9.17) is 21.1 Å². The Morgan fingerprint density at radius 3 is 2.89 bits per heavy atom. The molecule has 2 N–H and O–H groups in total. The molecule has 2 aromatic rings. The number of anilines is 1. The van der Waals surface area contributed by atoms with Crippen molar-refractivity contribution in [3.63, 3.8) is 0 Å². The molecule has 0 radical (unpaired) electrons. The first kappa shape index (κ1) is 30.5. The minimum Gasteiger partial charge on any atom is -0.490 e. The summed E-state index contributed by atoms with van der Waals surface area (Å²) < 4.78 is 15.8. The van der Waals surface area contributed by atoms with Crippen molar-refractivity contribution < 1.29 is 19.4 Å². The first-order chi connectivity index (χ1) is 21.4. The second-order valence-corrected chi connectivity index (χ2v) is 15.4. The number of benzene rings is 2. The van der Waals surface area contributed by atoms with Crippen molar-refractivity contribution in [2.24, 2.45) is 17.8 Å². The lowest BCUT2D eigenvalue weighted by atomic mass is 9.68. The Kier molecular flexibility index (Phi) is 8.93. The van der Waals surface area contributed by atoms with Crippen molar-refractivity contribution in [1.29, 1.82) is 0 Å². The van der Waals surface area contributed by atoms with Gasteiger partial charge < -0.3 is 19.5 Å². The van der Waals surface area contributed by atoms with Crippen LogP contribution in [0.5, 0.6) is 5.75 Å². The summed E-state index contributed by atoms with van der Waals surface area (Å²) in [6.07, 6.45) is 13.2. The summed E-state index contributed by atoms with van der Waals surface area (Å²) >= 11 is 7.97. The summed E-state index contributed by atoms with van der Waals surface area (Å²) in [5, 5.41) is 12.3. The number of carbonyl (C=O) groups excluding carboxylic acids is 1. The topological polar surface area (TPSA) is 71.0 Å². The molecule has 2 aromatic carbocycles. The van der Waals surface area contributed by atoms with Crippen molar-refractivity contribution in [3.05, 3.63) is 70.3 Å². The molecule has 1 amide bonds. The number of ether oxygens (including phenoxy) is 2. The van der Waals surface area contributed by atoms with Crippen LogP contribution in [0.25, 0.3) is 0 Å². The van der Waals surface area contributed by atoms with E-state index >= 15 is 0 Å². The quantitative estimate of drug-likeness (QED) is 0.270. The number of fused-ring (bicyclic) bond motifs is 4. The minimum atomic E-state index is -0.446. The maximum absolute atomic E-state index is 13.6. The van der Waals surface area contributed by atoms with Crippen molar-refractivity contribution in [1.82, 2.24) is 4.72 Å². The second kappa shape index (κ2) is 12.9. The molecule has 6 nitrogen and oxygen atoms in total. The molecule has 5 aliphatic rings. The molecule has 7 rings (SSSR count). The van der Waals surface area contributed by atoms with E-state index < -0.39 is 6.10 Å². The smallest absolute Gasteiger partial charge is 0.261 e. The Morgan fingerprint density at radius 2 is 2.07 bits per heavy atom. The highest BCUT2D eigenvalue weighted by Gasteiger charge is 2.44. The number of nitrogens with zero attached hydrogens (tertiary/aromatic N) is 1. The molecule has 8 heteroatoms. The fraction of sp³-hybridized carbons (Fsp3) is 0.583. The Labute approximate surface area is 271 Å². The van der Waals surface area contributed by atoms with Crippen molar-refractivity contribution in [2.75, 3.05) is 31.2 Å². The van der Waals surface area contributed by atoms with Gasteiger partial charge in [0, 0.05) is 40.9 Å². The lowest BCUT2D eigenvalue weighted by Crippen LogP contribution is -2.49. The van der Waals surface area contributed by atoms with E-state index in [0.29, 0.717) is 24.0 Å². The predicted octanol–water partition coefficient (Wildman–Crippen LogP) is 7.11. The van der Waals surface area contributed by atoms with Crippen LogP contribution in [0, 0.1) is 17.8 Å². The molecule has 0 aromatic heterocycles. The van der Waals surface area contributed by atoms with E-state index in [1.165, 1.54) is 23.1 Å². The second-order valence-electron chi connectivity index (χ2n) is 13.9. The number of hydrogen-bond donors (Lipinski definition) is 2. The summed E-state index contributed by atoms with van der Waals surface area (Å²) in [6, 6.07) is 12.3. The van der Waals surface area contributed by atoms with Crippen LogP contribution >= 0.6 is 23.5 Å². The maximum atomic E-state index is 13.6. The van der Waals surface area contributed by atoms with E-state index in [2.05, 4.69) is 34.8 Å². The zero-order chi connectivity index (χ0) is 30.3. The van der Waals surface area contributed by atoms with Crippen LogP contribution in [-0.2, 0) is 16.6 Å². The monoisotopic (exact) mass is 636 g/mol. The van der Waals surface area contributed by atoms with Gasteiger partial charge in [-0.2, -0.15) is 0 Å². The van der Waals surface area contributed by atoms with Crippen LogP contribution < -0.4 is 14.4 Å². The van der Waals surface area contributed by atoms with Crippen molar-refractivity contribution in [2.45, 2.75) is 87.6 Å². The van der Waals surface area contributed by atoms with Gasteiger partial charge in [-0.3, -0.25) is 9.52 Å². The number of aliphatic hydroxyl groups excluding tert-OH is 1. The standard InChI is InChI=1S/C36H45ClN2O4S/c1-23-5-2-8-32(40)29-12-9-26(29)20-39-21-36(15-3-6-24-17-27(37)11-13-30(24)36)22-43-33-14-10-25(18-31(33)39)35(41)38-44-34(23)19-28-7-4-16-42-28/h2,8,10-11,13-14,17-18,23,26,28-29,32,34,40H,3-7,9,12,15-16,19-22H2,1H3,(H,38,41)/b8-2-/t23-,26-,28+,29+,32-,34+,36-/m0/s1. The van der Waals surface area contributed by atoms with E-state index in [9.17, 15) is 9.90 Å². The minimum absolute atomic E-state index is 0.0708. The highest BCUT2D eigenvalue weighted by atomic mass is 35.5. The molecule has 44 heavy (non-hydrogen) atoms. The molecule has 7 atom stereocenters. The number of halogens is 1. The molecule has 1 saturated carbocycles. The molecule has 1 spiro atoms. The molecule has 236 valence electrons. The first-order valence-corrected chi connectivity index (χ1v) is 17.9. The Morgan fingerprint density at radius 1 is 1.16 bits per heavy atom. The van der Waals surface area contributed by atoms with Crippen LogP contribution in [0.4, 0.5) is 5.69 Å². The normalized spacial score (nSPS) is 34.6. The zero-order valence-corrected chi connectivity index (χ0v) is 27.3. The Bertz CT molecular complexity index is 1400. The highest BCUT2D eigenvalue weighted by Crippen LogP contribution is 2.47. The fourth-order valence-electron chi connectivity index (χ4n) is 8.21. The van der Waals surface area contributed by atoms with Crippen LogP contribution in [0.1, 0.15) is 79.8 Å². The lowest BCUT2D eigenvalue weighted by molar-refractivity contribution is 0.0455. The zero-order valence-electron chi connectivity index (χ0n) is 25.7. The van der Waals surface area contributed by atoms with Gasteiger partial charge in [0.05, 0.1) is 24.5 Å². The largest absolute Gasteiger partial charge is 0.490 e. The van der Waals surface area contributed by atoms with E-state index in [-0.39, 0.29) is 28.6 Å². The van der Waals surface area contributed by atoms with Gasteiger partial charge in [-0.15, -0.1) is 0 Å². The van der Waals surface area contributed by atoms with Gasteiger partial charge in [-0.25, -0.2) is 0 Å². The third kappa shape index (κ3) is 6.14. The number of amides is 1. The number of carbonyl (C=O) groups is 1. The molecule has 1 saturated heterocycles. The summed E-state index contributed by atoms with van der Waals surface area (Å²) in [4.78, 5) is 16.1. The number of nitrogens with one attached hydrogen (secondary N) is 1. The maximum Gasteiger partial charge on any atom is 0.261 e. The SMILES string of the molecule is C[C@H]1C/C=C\[C@H](O)[C@@H]2CC[C@H]2CN2C[C@@]3(CCCc4cc(Cl)ccc43)COc3ccc(cc32)C(=O)NS[C@@H]1C[C@H]1CCCO1. The van der Waals surface area contributed by atoms with Gasteiger partial charge in [0.15, 0.2) is 0 Å². The summed E-state index contributed by atoms with van der Waals surface area (Å²) in [7, 11) is 0. The van der Waals surface area contributed by atoms with Gasteiger partial charge in [0.25, 0.3) is 5.91 Å². The number of aryl methyl sites for hydroxylation is 1. The number of allylic oxidation sites excluding steroid dienone is 1. The summed E-state index contributed by atoms with van der Waals surface area (Å²) in [5.41, 5.74) is 4.12. The van der Waals surface area contributed by atoms with E-state index in [1.807, 2.05) is 30.3 Å².